The van der Waals surface area contributed by atoms with Gasteiger partial charge in [0.1, 0.15) is 0 Å². The number of nitro groups is 1. The molecule has 1 aromatic rings. The number of aromatic nitrogens is 2. The van der Waals surface area contributed by atoms with Crippen LogP contribution in [0.2, 0.25) is 0 Å². The molecule has 8 heteroatoms. The molecule has 1 rings (SSSR count). The van der Waals surface area contributed by atoms with Crippen molar-refractivity contribution in [1.82, 2.24) is 14.5 Å². The Balaban J connectivity index is 2.74. The van der Waals surface area contributed by atoms with Gasteiger partial charge in [-0.3, -0.25) is 4.57 Å². The second kappa shape index (κ2) is 5.32. The Kier molecular flexibility index (Phi) is 4.25. The highest BCUT2D eigenvalue weighted by Crippen LogP contribution is 2.21. The molecule has 1 atom stereocenters. The number of likely N-dealkylation sites (N-methyl/N-ethyl adjacent to an activating group) is 1. The highest BCUT2D eigenvalue weighted by Gasteiger charge is 2.25. The van der Waals surface area contributed by atoms with Crippen LogP contribution in [-0.2, 0) is 7.05 Å². The van der Waals surface area contributed by atoms with Crippen molar-refractivity contribution in [3.05, 3.63) is 16.4 Å². The highest BCUT2D eigenvalue weighted by molar-refractivity contribution is 5.52. The van der Waals surface area contributed by atoms with Crippen LogP contribution in [0.15, 0.2) is 6.33 Å². The Morgan fingerprint density at radius 2 is 2.28 bits per heavy atom. The molecule has 0 saturated heterocycles. The van der Waals surface area contributed by atoms with Crippen LogP contribution in [0.1, 0.15) is 6.92 Å². The molecule has 2 N–H and O–H groups in total. The SMILES string of the molecule is CN(C)CC(C)(O)CNc1c([N+](=O)[O-])ncn1C. The summed E-state index contributed by atoms with van der Waals surface area (Å²) in [5, 5.41) is 23.7. The first-order valence-corrected chi connectivity index (χ1v) is 5.49. The second-order valence-corrected chi connectivity index (χ2v) is 4.87. The molecule has 0 saturated carbocycles. The molecule has 0 bridgehead atoms. The zero-order chi connectivity index (χ0) is 13.9. The number of anilines is 1. The van der Waals surface area contributed by atoms with Crippen LogP contribution in [0.3, 0.4) is 0 Å². The molecule has 0 radical (unpaired) electrons. The van der Waals surface area contributed by atoms with Gasteiger partial charge < -0.3 is 25.4 Å². The van der Waals surface area contributed by atoms with Gasteiger partial charge in [0.05, 0.1) is 5.60 Å². The van der Waals surface area contributed by atoms with Crippen molar-refractivity contribution in [3.63, 3.8) is 0 Å². The van der Waals surface area contributed by atoms with Crippen LogP contribution >= 0.6 is 0 Å². The van der Waals surface area contributed by atoms with Crippen LogP contribution in [0.25, 0.3) is 0 Å². The summed E-state index contributed by atoms with van der Waals surface area (Å²) >= 11 is 0. The summed E-state index contributed by atoms with van der Waals surface area (Å²) in [6.07, 6.45) is 1.36. The second-order valence-electron chi connectivity index (χ2n) is 4.87. The van der Waals surface area contributed by atoms with E-state index in [9.17, 15) is 15.2 Å². The minimum atomic E-state index is -0.984. The van der Waals surface area contributed by atoms with Crippen molar-refractivity contribution in [2.45, 2.75) is 12.5 Å². The molecule has 0 aliphatic heterocycles. The minimum absolute atomic E-state index is 0.200. The molecule has 1 unspecified atom stereocenters. The number of imidazole rings is 1. The lowest BCUT2D eigenvalue weighted by Crippen LogP contribution is -2.43. The number of hydrogen-bond donors (Lipinski definition) is 2. The first-order valence-electron chi connectivity index (χ1n) is 5.49. The molecule has 0 aliphatic carbocycles. The van der Waals surface area contributed by atoms with Gasteiger partial charge >= 0.3 is 5.82 Å². The average molecular weight is 257 g/mol. The van der Waals surface area contributed by atoms with Crippen LogP contribution < -0.4 is 5.32 Å². The lowest BCUT2D eigenvalue weighted by molar-refractivity contribution is -0.388. The molecule has 0 aliphatic rings. The van der Waals surface area contributed by atoms with E-state index < -0.39 is 10.5 Å². The average Bonchev–Trinajstić information content (AvgIpc) is 2.55. The summed E-state index contributed by atoms with van der Waals surface area (Å²) < 4.78 is 1.52. The maximum atomic E-state index is 10.8. The molecule has 102 valence electrons. The van der Waals surface area contributed by atoms with Crippen molar-refractivity contribution in [1.29, 1.82) is 0 Å². The van der Waals surface area contributed by atoms with Gasteiger partial charge in [0.15, 0.2) is 0 Å². The maximum Gasteiger partial charge on any atom is 0.406 e. The Labute approximate surface area is 105 Å². The standard InChI is InChI=1S/C10H19N5O3/c1-10(16,6-13(2)3)5-11-8-9(15(17)18)12-7-14(8)4/h7,11,16H,5-6H2,1-4H3. The van der Waals surface area contributed by atoms with Crippen LogP contribution in [0.4, 0.5) is 11.6 Å². The highest BCUT2D eigenvalue weighted by atomic mass is 16.6. The van der Waals surface area contributed by atoms with Gasteiger partial charge in [0, 0.05) is 20.1 Å². The molecule has 0 amide bonds. The molecular formula is C10H19N5O3. The number of rotatable bonds is 6. The van der Waals surface area contributed by atoms with Crippen molar-refractivity contribution in [2.24, 2.45) is 7.05 Å². The number of nitrogens with zero attached hydrogens (tertiary/aromatic N) is 4. The molecular weight excluding hydrogens is 238 g/mol. The summed E-state index contributed by atoms with van der Waals surface area (Å²) in [4.78, 5) is 15.7. The van der Waals surface area contributed by atoms with Crippen LogP contribution in [-0.4, -0.2) is 57.3 Å². The van der Waals surface area contributed by atoms with E-state index in [1.165, 1.54) is 10.9 Å². The number of aryl methyl sites for hydroxylation is 1. The van der Waals surface area contributed by atoms with Gasteiger partial charge in [0.25, 0.3) is 0 Å². The summed E-state index contributed by atoms with van der Waals surface area (Å²) in [6, 6.07) is 0. The first-order chi connectivity index (χ1) is 8.23. The predicted molar refractivity (Wildman–Crippen MR) is 67.5 cm³/mol. The molecule has 0 aromatic carbocycles. The van der Waals surface area contributed by atoms with Crippen molar-refractivity contribution in [2.75, 3.05) is 32.5 Å². The van der Waals surface area contributed by atoms with Gasteiger partial charge in [-0.25, -0.2) is 0 Å². The normalized spacial score (nSPS) is 14.6. The Hall–Kier alpha value is -1.67. The molecule has 1 aromatic heterocycles. The third-order valence-corrected chi connectivity index (χ3v) is 2.38. The van der Waals surface area contributed by atoms with E-state index in [2.05, 4.69) is 10.3 Å². The first kappa shape index (κ1) is 14.4. The molecule has 0 spiro atoms. The van der Waals surface area contributed by atoms with E-state index in [0.717, 1.165) is 0 Å². The maximum absolute atomic E-state index is 10.8. The van der Waals surface area contributed by atoms with Crippen LogP contribution in [0.5, 0.6) is 0 Å². The summed E-state index contributed by atoms with van der Waals surface area (Å²) in [5.74, 6) is 0.0529. The molecule has 8 nitrogen and oxygen atoms in total. The fraction of sp³-hybridized carbons (Fsp3) is 0.700. The zero-order valence-corrected chi connectivity index (χ0v) is 11.0. The Morgan fingerprint density at radius 3 is 2.78 bits per heavy atom. The predicted octanol–water partition coefficient (Wildman–Crippen LogP) is 0.0528. The fourth-order valence-electron chi connectivity index (χ4n) is 1.77. The lowest BCUT2D eigenvalue weighted by atomic mass is 10.1. The number of hydrogen-bond acceptors (Lipinski definition) is 6. The summed E-state index contributed by atoms with van der Waals surface area (Å²) in [7, 11) is 5.35. The molecule has 18 heavy (non-hydrogen) atoms. The van der Waals surface area contributed by atoms with Gasteiger partial charge in [-0.1, -0.05) is 0 Å². The smallest absolute Gasteiger partial charge is 0.387 e. The topological polar surface area (TPSA) is 96.5 Å². The third-order valence-electron chi connectivity index (χ3n) is 2.38. The van der Waals surface area contributed by atoms with E-state index in [1.807, 2.05) is 19.0 Å². The quantitative estimate of drug-likeness (QED) is 0.552. The van der Waals surface area contributed by atoms with Crippen molar-refractivity contribution in [3.8, 4) is 0 Å². The minimum Gasteiger partial charge on any atom is -0.387 e. The van der Waals surface area contributed by atoms with E-state index in [0.29, 0.717) is 12.4 Å². The third kappa shape index (κ3) is 3.67. The van der Waals surface area contributed by atoms with E-state index in [-0.39, 0.29) is 12.4 Å². The van der Waals surface area contributed by atoms with Crippen molar-refractivity contribution >= 4 is 11.6 Å². The van der Waals surface area contributed by atoms with Gasteiger partial charge in [-0.15, -0.1) is 0 Å². The lowest BCUT2D eigenvalue weighted by Gasteiger charge is -2.27. The van der Waals surface area contributed by atoms with Gasteiger partial charge in [-0.2, -0.15) is 0 Å². The van der Waals surface area contributed by atoms with E-state index >= 15 is 0 Å². The van der Waals surface area contributed by atoms with E-state index in [1.54, 1.807) is 14.0 Å². The van der Waals surface area contributed by atoms with Gasteiger partial charge in [0.2, 0.25) is 12.1 Å². The Morgan fingerprint density at radius 1 is 1.67 bits per heavy atom. The Bertz CT molecular complexity index is 427. The summed E-state index contributed by atoms with van der Waals surface area (Å²) in [6.45, 7) is 2.32. The number of nitrogens with one attached hydrogen (secondary N) is 1. The van der Waals surface area contributed by atoms with E-state index in [4.69, 9.17) is 0 Å². The van der Waals surface area contributed by atoms with Gasteiger partial charge in [-0.05, 0) is 30.9 Å². The molecule has 0 fully saturated rings. The molecule has 1 heterocycles. The van der Waals surface area contributed by atoms with Crippen molar-refractivity contribution < 1.29 is 10.0 Å². The zero-order valence-electron chi connectivity index (χ0n) is 11.0. The largest absolute Gasteiger partial charge is 0.406 e. The van der Waals surface area contributed by atoms with Crippen LogP contribution in [0, 0.1) is 10.1 Å². The fourth-order valence-corrected chi connectivity index (χ4v) is 1.77. The monoisotopic (exact) mass is 257 g/mol. The number of aliphatic hydroxyl groups is 1. The summed E-state index contributed by atoms with van der Waals surface area (Å²) in [5.41, 5.74) is -0.984.